The van der Waals surface area contributed by atoms with Gasteiger partial charge in [-0.3, -0.25) is 4.79 Å². The molecule has 0 N–H and O–H groups in total. The van der Waals surface area contributed by atoms with Gasteiger partial charge in [-0.15, -0.1) is 11.3 Å². The summed E-state index contributed by atoms with van der Waals surface area (Å²) >= 11 is 1.08. The summed E-state index contributed by atoms with van der Waals surface area (Å²) in [4.78, 5) is 16.4. The highest BCUT2D eigenvalue weighted by atomic mass is 32.1. The molecule has 0 unspecified atom stereocenters. The molecule has 0 radical (unpaired) electrons. The number of fused-ring (bicyclic) bond motifs is 1. The first-order valence-corrected chi connectivity index (χ1v) is 6.46. The number of aryl methyl sites for hydroxylation is 1. The van der Waals surface area contributed by atoms with Crippen molar-refractivity contribution in [3.63, 3.8) is 0 Å². The van der Waals surface area contributed by atoms with Gasteiger partial charge in [0.15, 0.2) is 5.78 Å². The fourth-order valence-corrected chi connectivity index (χ4v) is 3.21. The van der Waals surface area contributed by atoms with Gasteiger partial charge in [0, 0.05) is 6.42 Å². The molecule has 0 spiro atoms. The van der Waals surface area contributed by atoms with Crippen molar-refractivity contribution in [2.45, 2.75) is 19.3 Å². The van der Waals surface area contributed by atoms with Crippen molar-refractivity contribution in [2.24, 2.45) is 0 Å². The fraction of sp³-hybridized carbons (Fsp3) is 0.231. The molecule has 1 heterocycles. The number of benzene rings is 1. The summed E-state index contributed by atoms with van der Waals surface area (Å²) in [5, 5.41) is 0.255. The van der Waals surface area contributed by atoms with Gasteiger partial charge in [-0.2, -0.15) is 0 Å². The van der Waals surface area contributed by atoms with Crippen LogP contribution < -0.4 is 0 Å². The van der Waals surface area contributed by atoms with Crippen molar-refractivity contribution >= 4 is 17.1 Å². The lowest BCUT2D eigenvalue weighted by atomic mass is 10.0. The number of hydrogen-bond acceptors (Lipinski definition) is 3. The van der Waals surface area contributed by atoms with E-state index in [4.69, 9.17) is 0 Å². The van der Waals surface area contributed by atoms with Gasteiger partial charge in [0.1, 0.15) is 16.6 Å². The van der Waals surface area contributed by atoms with E-state index < -0.39 is 11.6 Å². The molecule has 1 aliphatic carbocycles. The van der Waals surface area contributed by atoms with Crippen LogP contribution in [-0.4, -0.2) is 10.8 Å². The molecule has 92 valence electrons. The van der Waals surface area contributed by atoms with Gasteiger partial charge in [0.25, 0.3) is 0 Å². The van der Waals surface area contributed by atoms with Crippen LogP contribution in [0.1, 0.15) is 28.2 Å². The molecule has 0 bridgehead atoms. The van der Waals surface area contributed by atoms with E-state index in [-0.39, 0.29) is 16.4 Å². The lowest BCUT2D eigenvalue weighted by molar-refractivity contribution is 0.0976. The van der Waals surface area contributed by atoms with Gasteiger partial charge in [0.2, 0.25) is 0 Å². The van der Waals surface area contributed by atoms with Gasteiger partial charge in [-0.25, -0.2) is 13.8 Å². The quantitative estimate of drug-likeness (QED) is 0.788. The predicted octanol–water partition coefficient (Wildman–Crippen LogP) is 3.61. The number of carbonyl (C=O) groups excluding carboxylic acids is 1. The van der Waals surface area contributed by atoms with Crippen molar-refractivity contribution in [2.75, 3.05) is 0 Å². The highest BCUT2D eigenvalue weighted by Gasteiger charge is 2.24. The van der Waals surface area contributed by atoms with E-state index in [1.54, 1.807) is 0 Å². The molecule has 0 aliphatic heterocycles. The summed E-state index contributed by atoms with van der Waals surface area (Å²) in [5.74, 6) is -1.26. The summed E-state index contributed by atoms with van der Waals surface area (Å²) in [6.45, 7) is 0. The Morgan fingerprint density at radius 3 is 2.56 bits per heavy atom. The summed E-state index contributed by atoms with van der Waals surface area (Å²) in [6, 6.07) is 3.70. The topological polar surface area (TPSA) is 30.0 Å². The molecular formula is C13H9F2NOS. The van der Waals surface area contributed by atoms with Gasteiger partial charge >= 0.3 is 0 Å². The van der Waals surface area contributed by atoms with E-state index in [1.807, 2.05) is 0 Å². The van der Waals surface area contributed by atoms with Crippen LogP contribution in [0.4, 0.5) is 8.78 Å². The number of nitrogens with zero attached hydrogens (tertiary/aromatic N) is 1. The molecule has 2 nitrogen and oxygen atoms in total. The van der Waals surface area contributed by atoms with Crippen LogP contribution in [-0.2, 0) is 6.42 Å². The van der Waals surface area contributed by atoms with E-state index in [1.165, 1.54) is 18.2 Å². The maximum absolute atomic E-state index is 13.6. The van der Waals surface area contributed by atoms with E-state index in [0.717, 1.165) is 17.8 Å². The first-order chi connectivity index (χ1) is 8.66. The molecule has 1 aromatic carbocycles. The maximum atomic E-state index is 13.6. The zero-order chi connectivity index (χ0) is 12.7. The summed E-state index contributed by atoms with van der Waals surface area (Å²) in [5.41, 5.74) is 0.540. The minimum Gasteiger partial charge on any atom is -0.293 e. The van der Waals surface area contributed by atoms with Crippen molar-refractivity contribution in [1.82, 2.24) is 4.98 Å². The Morgan fingerprint density at radius 1 is 1.17 bits per heavy atom. The normalized spacial score (nSPS) is 14.7. The third-order valence-corrected chi connectivity index (χ3v) is 4.10. The Labute approximate surface area is 106 Å². The summed E-state index contributed by atoms with van der Waals surface area (Å²) in [6.07, 6.45) is 1.96. The van der Waals surface area contributed by atoms with Crippen molar-refractivity contribution in [3.05, 3.63) is 40.4 Å². The summed E-state index contributed by atoms with van der Waals surface area (Å²) < 4.78 is 27.3. The van der Waals surface area contributed by atoms with Gasteiger partial charge in [0.05, 0.1) is 16.1 Å². The smallest absolute Gasteiger partial charge is 0.174 e. The molecule has 2 aromatic rings. The number of ketones is 1. The summed E-state index contributed by atoms with van der Waals surface area (Å²) in [7, 11) is 0. The maximum Gasteiger partial charge on any atom is 0.174 e. The second-order valence-corrected chi connectivity index (χ2v) is 5.17. The minimum atomic E-state index is -0.645. The zero-order valence-corrected chi connectivity index (χ0v) is 10.2. The molecule has 0 atom stereocenters. The van der Waals surface area contributed by atoms with Gasteiger partial charge in [-0.1, -0.05) is 6.07 Å². The molecule has 0 saturated carbocycles. The highest BCUT2D eigenvalue weighted by molar-refractivity contribution is 7.17. The second kappa shape index (κ2) is 4.24. The SMILES string of the molecule is O=C1CCCc2nc(-c3c(F)cccc3F)sc21. The number of halogens is 2. The molecular weight excluding hydrogens is 256 g/mol. The van der Waals surface area contributed by atoms with E-state index in [9.17, 15) is 13.6 Å². The standard InChI is InChI=1S/C13H9F2NOS/c14-7-3-1-4-8(15)11(7)13-16-9-5-2-6-10(17)12(9)18-13/h1,3-4H,2,5-6H2. The molecule has 1 aliphatic rings. The van der Waals surface area contributed by atoms with E-state index in [2.05, 4.69) is 4.98 Å². The second-order valence-electron chi connectivity index (χ2n) is 4.17. The molecule has 0 fully saturated rings. The van der Waals surface area contributed by atoms with Gasteiger partial charge in [-0.05, 0) is 25.0 Å². The van der Waals surface area contributed by atoms with Crippen LogP contribution >= 0.6 is 11.3 Å². The van der Waals surface area contributed by atoms with Crippen LogP contribution in [0, 0.1) is 11.6 Å². The van der Waals surface area contributed by atoms with Crippen LogP contribution in [0.3, 0.4) is 0 Å². The molecule has 0 amide bonds. The number of hydrogen-bond donors (Lipinski definition) is 0. The fourth-order valence-electron chi connectivity index (χ4n) is 2.08. The number of carbonyl (C=O) groups is 1. The molecule has 5 heteroatoms. The number of thiazole rings is 1. The first kappa shape index (κ1) is 11.5. The van der Waals surface area contributed by atoms with Crippen molar-refractivity contribution < 1.29 is 13.6 Å². The van der Waals surface area contributed by atoms with Gasteiger partial charge < -0.3 is 0 Å². The third-order valence-electron chi connectivity index (χ3n) is 2.94. The lowest BCUT2D eigenvalue weighted by Crippen LogP contribution is -2.07. The Morgan fingerprint density at radius 2 is 1.89 bits per heavy atom. The van der Waals surface area contributed by atoms with E-state index >= 15 is 0 Å². The van der Waals surface area contributed by atoms with E-state index in [0.29, 0.717) is 23.4 Å². The predicted molar refractivity (Wildman–Crippen MR) is 64.7 cm³/mol. The van der Waals surface area contributed by atoms with Crippen LogP contribution in [0.25, 0.3) is 10.6 Å². The molecule has 3 rings (SSSR count). The van der Waals surface area contributed by atoms with Crippen molar-refractivity contribution in [3.8, 4) is 10.6 Å². The van der Waals surface area contributed by atoms with Crippen molar-refractivity contribution in [1.29, 1.82) is 0 Å². The lowest BCUT2D eigenvalue weighted by Gasteiger charge is -2.06. The monoisotopic (exact) mass is 265 g/mol. The Balaban J connectivity index is 2.16. The van der Waals surface area contributed by atoms with Crippen LogP contribution in [0.15, 0.2) is 18.2 Å². The molecule has 0 saturated heterocycles. The average molecular weight is 265 g/mol. The highest BCUT2D eigenvalue weighted by Crippen LogP contribution is 2.34. The molecule has 1 aromatic heterocycles. The number of aromatic nitrogens is 1. The Hall–Kier alpha value is -1.62. The zero-order valence-electron chi connectivity index (χ0n) is 9.37. The number of rotatable bonds is 1. The third kappa shape index (κ3) is 1.75. The average Bonchev–Trinajstić information content (AvgIpc) is 2.74. The first-order valence-electron chi connectivity index (χ1n) is 5.64. The minimum absolute atomic E-state index is 0.0248. The molecule has 18 heavy (non-hydrogen) atoms. The van der Waals surface area contributed by atoms with Crippen LogP contribution in [0.2, 0.25) is 0 Å². The largest absolute Gasteiger partial charge is 0.293 e. The number of Topliss-reactive ketones (excluding diaryl/α,β-unsaturated/α-hetero) is 1. The Kier molecular flexibility index (Phi) is 2.70. The van der Waals surface area contributed by atoms with Crippen LogP contribution in [0.5, 0.6) is 0 Å². The Bertz CT molecular complexity index is 616.